The van der Waals surface area contributed by atoms with E-state index in [1.54, 1.807) is 12.7 Å². The zero-order chi connectivity index (χ0) is 14.2. The predicted molar refractivity (Wildman–Crippen MR) is 99.5 cm³/mol. The lowest BCUT2D eigenvalue weighted by molar-refractivity contribution is 0.407. The standard InChI is InChI=1S/C13H24N6S.HI/c1-3-12-9-18(7-8-20-12)13(15-4-2)16-5-6-19-11-14-10-17-19;/h10-12H,3-9H2,1-2H3,(H,15,16);1H. The lowest BCUT2D eigenvalue weighted by Crippen LogP contribution is -2.48. The molecule has 6 nitrogen and oxygen atoms in total. The molecule has 1 saturated heterocycles. The Balaban J connectivity index is 0.00000220. The van der Waals surface area contributed by atoms with Gasteiger partial charge in [-0.3, -0.25) is 9.67 Å². The summed E-state index contributed by atoms with van der Waals surface area (Å²) in [6.07, 6.45) is 4.51. The van der Waals surface area contributed by atoms with Gasteiger partial charge in [0, 0.05) is 30.6 Å². The van der Waals surface area contributed by atoms with Gasteiger partial charge in [0.05, 0.1) is 13.1 Å². The van der Waals surface area contributed by atoms with E-state index in [-0.39, 0.29) is 24.0 Å². The van der Waals surface area contributed by atoms with E-state index in [4.69, 9.17) is 4.99 Å². The van der Waals surface area contributed by atoms with Crippen molar-refractivity contribution in [2.45, 2.75) is 32.1 Å². The number of nitrogens with one attached hydrogen (secondary N) is 1. The smallest absolute Gasteiger partial charge is 0.194 e. The molecule has 1 fully saturated rings. The van der Waals surface area contributed by atoms with Gasteiger partial charge in [-0.2, -0.15) is 16.9 Å². The number of hydrogen-bond donors (Lipinski definition) is 1. The van der Waals surface area contributed by atoms with Gasteiger partial charge in [0.1, 0.15) is 12.7 Å². The first-order valence-electron chi connectivity index (χ1n) is 7.30. The summed E-state index contributed by atoms with van der Waals surface area (Å²) in [6, 6.07) is 0. The van der Waals surface area contributed by atoms with Crippen molar-refractivity contribution in [3.8, 4) is 0 Å². The van der Waals surface area contributed by atoms with Gasteiger partial charge in [-0.15, -0.1) is 24.0 Å². The molecular formula is C13H25IN6S. The van der Waals surface area contributed by atoms with Crippen LogP contribution in [0.4, 0.5) is 0 Å². The van der Waals surface area contributed by atoms with Crippen molar-refractivity contribution in [2.75, 3.05) is 31.9 Å². The minimum atomic E-state index is 0. The number of aromatic nitrogens is 3. The fourth-order valence-corrected chi connectivity index (χ4v) is 3.37. The molecule has 21 heavy (non-hydrogen) atoms. The predicted octanol–water partition coefficient (Wildman–Crippen LogP) is 1.69. The maximum Gasteiger partial charge on any atom is 0.194 e. The molecule has 1 aliphatic heterocycles. The second kappa shape index (κ2) is 10.3. The van der Waals surface area contributed by atoms with E-state index in [0.717, 1.165) is 43.9 Å². The molecule has 0 saturated carbocycles. The maximum atomic E-state index is 4.71. The SMILES string of the molecule is CCNC(=NCCn1cncn1)N1CCSC(CC)C1.I. The zero-order valence-electron chi connectivity index (χ0n) is 12.7. The molecule has 120 valence electrons. The van der Waals surface area contributed by atoms with Crippen LogP contribution in [0.2, 0.25) is 0 Å². The Hall–Kier alpha value is -0.510. The van der Waals surface area contributed by atoms with E-state index in [2.05, 4.69) is 45.9 Å². The summed E-state index contributed by atoms with van der Waals surface area (Å²) in [5.74, 6) is 2.22. The lowest BCUT2D eigenvalue weighted by atomic mass is 10.3. The maximum absolute atomic E-state index is 4.71. The van der Waals surface area contributed by atoms with Gasteiger partial charge in [0.25, 0.3) is 0 Å². The molecule has 1 aromatic rings. The molecular weight excluding hydrogens is 399 g/mol. The number of hydrogen-bond acceptors (Lipinski definition) is 4. The molecule has 0 aliphatic carbocycles. The van der Waals surface area contributed by atoms with Crippen LogP contribution in [0, 0.1) is 0 Å². The molecule has 2 rings (SSSR count). The third kappa shape index (κ3) is 6.01. The highest BCUT2D eigenvalue weighted by molar-refractivity contribution is 14.0. The number of nitrogens with zero attached hydrogens (tertiary/aromatic N) is 5. The van der Waals surface area contributed by atoms with Crippen molar-refractivity contribution in [3.63, 3.8) is 0 Å². The van der Waals surface area contributed by atoms with Gasteiger partial charge in [0.15, 0.2) is 5.96 Å². The van der Waals surface area contributed by atoms with Gasteiger partial charge in [-0.25, -0.2) is 4.98 Å². The Bertz CT molecular complexity index is 411. The molecule has 0 spiro atoms. The van der Waals surface area contributed by atoms with Crippen LogP contribution >= 0.6 is 35.7 Å². The van der Waals surface area contributed by atoms with E-state index in [9.17, 15) is 0 Å². The Kier molecular flexibility index (Phi) is 9.05. The van der Waals surface area contributed by atoms with E-state index in [0.29, 0.717) is 0 Å². The quantitative estimate of drug-likeness (QED) is 0.443. The summed E-state index contributed by atoms with van der Waals surface area (Å²) in [6.45, 7) is 8.95. The Labute approximate surface area is 148 Å². The van der Waals surface area contributed by atoms with Crippen molar-refractivity contribution in [3.05, 3.63) is 12.7 Å². The number of aliphatic imine (C=N–C) groups is 1. The zero-order valence-corrected chi connectivity index (χ0v) is 15.9. The lowest BCUT2D eigenvalue weighted by Gasteiger charge is -2.34. The first-order chi connectivity index (χ1) is 9.83. The number of rotatable bonds is 5. The van der Waals surface area contributed by atoms with E-state index in [1.165, 1.54) is 12.2 Å². The average Bonchev–Trinajstić information content (AvgIpc) is 3.00. The second-order valence-electron chi connectivity index (χ2n) is 4.74. The molecule has 0 radical (unpaired) electrons. The van der Waals surface area contributed by atoms with Crippen LogP contribution < -0.4 is 5.32 Å². The van der Waals surface area contributed by atoms with Gasteiger partial charge in [-0.05, 0) is 13.3 Å². The van der Waals surface area contributed by atoms with Gasteiger partial charge in [-0.1, -0.05) is 6.92 Å². The monoisotopic (exact) mass is 424 g/mol. The molecule has 8 heteroatoms. The van der Waals surface area contributed by atoms with Crippen LogP contribution in [0.25, 0.3) is 0 Å². The first kappa shape index (κ1) is 18.5. The summed E-state index contributed by atoms with van der Waals surface area (Å²) >= 11 is 2.08. The molecule has 0 amide bonds. The van der Waals surface area contributed by atoms with Crippen molar-refractivity contribution in [1.29, 1.82) is 0 Å². The summed E-state index contributed by atoms with van der Waals surface area (Å²) in [5.41, 5.74) is 0. The third-order valence-corrected chi connectivity index (χ3v) is 4.66. The van der Waals surface area contributed by atoms with Crippen molar-refractivity contribution in [1.82, 2.24) is 25.0 Å². The van der Waals surface area contributed by atoms with Crippen LogP contribution in [0.15, 0.2) is 17.6 Å². The van der Waals surface area contributed by atoms with Gasteiger partial charge in [0.2, 0.25) is 0 Å². The summed E-state index contributed by atoms with van der Waals surface area (Å²) < 4.78 is 1.81. The third-order valence-electron chi connectivity index (χ3n) is 3.29. The first-order valence-corrected chi connectivity index (χ1v) is 8.35. The van der Waals surface area contributed by atoms with E-state index >= 15 is 0 Å². The summed E-state index contributed by atoms with van der Waals surface area (Å²) in [4.78, 5) is 11.0. The Morgan fingerprint density at radius 2 is 2.33 bits per heavy atom. The fourth-order valence-electron chi connectivity index (χ4n) is 2.19. The Morgan fingerprint density at radius 3 is 3.00 bits per heavy atom. The molecule has 1 unspecified atom stereocenters. The molecule has 1 atom stereocenters. The van der Waals surface area contributed by atoms with Crippen LogP contribution in [0.1, 0.15) is 20.3 Å². The summed E-state index contributed by atoms with van der Waals surface area (Å²) in [5, 5.41) is 8.22. The molecule has 0 bridgehead atoms. The summed E-state index contributed by atoms with van der Waals surface area (Å²) in [7, 11) is 0. The van der Waals surface area contributed by atoms with Crippen LogP contribution in [-0.2, 0) is 6.54 Å². The van der Waals surface area contributed by atoms with Crippen LogP contribution in [-0.4, -0.2) is 62.8 Å². The van der Waals surface area contributed by atoms with Gasteiger partial charge >= 0.3 is 0 Å². The topological polar surface area (TPSA) is 58.3 Å². The largest absolute Gasteiger partial charge is 0.357 e. The highest BCUT2D eigenvalue weighted by Crippen LogP contribution is 2.20. The highest BCUT2D eigenvalue weighted by atomic mass is 127. The number of guanidine groups is 1. The normalized spacial score (nSPS) is 19.2. The molecule has 2 heterocycles. The molecule has 1 aromatic heterocycles. The Morgan fingerprint density at radius 1 is 1.48 bits per heavy atom. The molecule has 1 N–H and O–H groups in total. The number of halogens is 1. The van der Waals surface area contributed by atoms with Crippen molar-refractivity contribution in [2.24, 2.45) is 4.99 Å². The average molecular weight is 424 g/mol. The minimum absolute atomic E-state index is 0. The second-order valence-corrected chi connectivity index (χ2v) is 6.15. The van der Waals surface area contributed by atoms with Crippen molar-refractivity contribution < 1.29 is 0 Å². The van der Waals surface area contributed by atoms with Crippen LogP contribution in [0.5, 0.6) is 0 Å². The molecule has 0 aromatic carbocycles. The fraction of sp³-hybridized carbons (Fsp3) is 0.769. The van der Waals surface area contributed by atoms with Crippen molar-refractivity contribution >= 4 is 41.7 Å². The van der Waals surface area contributed by atoms with Crippen LogP contribution in [0.3, 0.4) is 0 Å². The number of thioether (sulfide) groups is 1. The highest BCUT2D eigenvalue weighted by Gasteiger charge is 2.21. The minimum Gasteiger partial charge on any atom is -0.357 e. The van der Waals surface area contributed by atoms with E-state index in [1.807, 2.05) is 4.68 Å². The van der Waals surface area contributed by atoms with Gasteiger partial charge < -0.3 is 10.2 Å². The molecule has 1 aliphatic rings. The van der Waals surface area contributed by atoms with E-state index < -0.39 is 0 Å².